The van der Waals surface area contributed by atoms with Gasteiger partial charge in [0.15, 0.2) is 5.60 Å². The highest BCUT2D eigenvalue weighted by Gasteiger charge is 2.34. The summed E-state index contributed by atoms with van der Waals surface area (Å²) in [6, 6.07) is 0. The van der Waals surface area contributed by atoms with Crippen LogP contribution in [0.15, 0.2) is 11.6 Å². The summed E-state index contributed by atoms with van der Waals surface area (Å²) in [4.78, 5) is 10.7. The number of aliphatic hydroxyl groups excluding tert-OH is 1. The Morgan fingerprint density at radius 3 is 2.35 bits per heavy atom. The first kappa shape index (κ1) is 16.1. The second-order valence-corrected chi connectivity index (χ2v) is 5.00. The van der Waals surface area contributed by atoms with Crippen molar-refractivity contribution in [3.8, 4) is 0 Å². The Labute approximate surface area is 103 Å². The fraction of sp³-hybridized carbons (Fsp3) is 0.769. The lowest BCUT2D eigenvalue weighted by Gasteiger charge is -2.22. The van der Waals surface area contributed by atoms with Gasteiger partial charge in [0, 0.05) is 0 Å². The van der Waals surface area contributed by atoms with E-state index in [1.807, 2.05) is 20.8 Å². The highest BCUT2D eigenvalue weighted by Crippen LogP contribution is 2.20. The monoisotopic (exact) mass is 244 g/mol. The lowest BCUT2D eigenvalue weighted by Crippen LogP contribution is -2.42. The number of allylic oxidation sites excluding steroid dienone is 2. The zero-order chi connectivity index (χ0) is 13.5. The Morgan fingerprint density at radius 2 is 1.94 bits per heavy atom. The predicted molar refractivity (Wildman–Crippen MR) is 66.7 cm³/mol. The van der Waals surface area contributed by atoms with E-state index in [9.17, 15) is 9.90 Å². The average molecular weight is 244 g/mol. The quantitative estimate of drug-likeness (QED) is 0.570. The van der Waals surface area contributed by atoms with Crippen LogP contribution in [0, 0.1) is 5.92 Å². The van der Waals surface area contributed by atoms with Crippen molar-refractivity contribution in [3.63, 3.8) is 0 Å². The van der Waals surface area contributed by atoms with E-state index in [0.29, 0.717) is 12.3 Å². The fourth-order valence-corrected chi connectivity index (χ4v) is 1.54. The Kier molecular flexibility index (Phi) is 7.07. The maximum Gasteiger partial charge on any atom is 0.338 e. The summed E-state index contributed by atoms with van der Waals surface area (Å²) in [5.41, 5.74) is -0.709. The van der Waals surface area contributed by atoms with Gasteiger partial charge < -0.3 is 15.3 Å². The Morgan fingerprint density at radius 1 is 1.35 bits per heavy atom. The van der Waals surface area contributed by atoms with E-state index in [1.165, 1.54) is 5.57 Å². The summed E-state index contributed by atoms with van der Waals surface area (Å²) in [5.74, 6) is -1.01. The molecule has 100 valence electrons. The fourth-order valence-electron chi connectivity index (χ4n) is 1.54. The lowest BCUT2D eigenvalue weighted by atomic mass is 9.91. The van der Waals surface area contributed by atoms with E-state index in [2.05, 4.69) is 6.08 Å². The highest BCUT2D eigenvalue weighted by molar-refractivity contribution is 5.77. The standard InChI is InChI=1S/C13H24O4/c1-10(2)5-4-6-11(3)7-8-13(17,9-14)12(15)16/h5,11,14,17H,4,6-9H2,1-3H3,(H,15,16). The summed E-state index contributed by atoms with van der Waals surface area (Å²) in [7, 11) is 0. The first-order chi connectivity index (χ1) is 7.81. The first-order valence-electron chi connectivity index (χ1n) is 6.02. The molecule has 17 heavy (non-hydrogen) atoms. The molecule has 2 unspecified atom stereocenters. The Balaban J connectivity index is 4.02. The smallest absolute Gasteiger partial charge is 0.338 e. The number of carboxylic acid groups (broad SMARTS) is 1. The maximum absolute atomic E-state index is 10.7. The maximum atomic E-state index is 10.7. The largest absolute Gasteiger partial charge is 0.479 e. The first-order valence-corrected chi connectivity index (χ1v) is 6.02. The molecule has 0 rings (SSSR count). The Bertz CT molecular complexity index is 269. The van der Waals surface area contributed by atoms with Crippen molar-refractivity contribution >= 4 is 5.97 Å². The second-order valence-electron chi connectivity index (χ2n) is 5.00. The predicted octanol–water partition coefficient (Wildman–Crippen LogP) is 1.96. The molecule has 0 aromatic carbocycles. The molecule has 0 amide bonds. The number of rotatable bonds is 8. The molecule has 0 saturated carbocycles. The molecule has 0 aliphatic rings. The van der Waals surface area contributed by atoms with Crippen molar-refractivity contribution in [1.29, 1.82) is 0 Å². The van der Waals surface area contributed by atoms with E-state index < -0.39 is 18.2 Å². The summed E-state index contributed by atoms with van der Waals surface area (Å²) in [6.07, 6.45) is 4.77. The van der Waals surface area contributed by atoms with Gasteiger partial charge in [-0.2, -0.15) is 0 Å². The van der Waals surface area contributed by atoms with Crippen molar-refractivity contribution in [2.24, 2.45) is 5.92 Å². The minimum atomic E-state index is -1.98. The van der Waals surface area contributed by atoms with Crippen molar-refractivity contribution < 1.29 is 20.1 Å². The van der Waals surface area contributed by atoms with Gasteiger partial charge in [-0.1, -0.05) is 18.6 Å². The van der Waals surface area contributed by atoms with Gasteiger partial charge in [-0.15, -0.1) is 0 Å². The van der Waals surface area contributed by atoms with Crippen LogP contribution in [0.4, 0.5) is 0 Å². The molecule has 0 aromatic heterocycles. The zero-order valence-corrected chi connectivity index (χ0v) is 10.9. The van der Waals surface area contributed by atoms with Crippen LogP contribution in [-0.2, 0) is 4.79 Å². The average Bonchev–Trinajstić information content (AvgIpc) is 2.25. The van der Waals surface area contributed by atoms with E-state index >= 15 is 0 Å². The van der Waals surface area contributed by atoms with Gasteiger partial charge in [0.2, 0.25) is 0 Å². The summed E-state index contributed by atoms with van der Waals surface area (Å²) >= 11 is 0. The molecule has 0 saturated heterocycles. The molecule has 0 aliphatic heterocycles. The normalized spacial score (nSPS) is 16.1. The molecule has 0 fully saturated rings. The van der Waals surface area contributed by atoms with Crippen LogP contribution in [0.25, 0.3) is 0 Å². The minimum Gasteiger partial charge on any atom is -0.479 e. The van der Waals surface area contributed by atoms with E-state index in [-0.39, 0.29) is 6.42 Å². The van der Waals surface area contributed by atoms with Gasteiger partial charge in [-0.25, -0.2) is 4.79 Å². The zero-order valence-electron chi connectivity index (χ0n) is 10.9. The van der Waals surface area contributed by atoms with Crippen LogP contribution < -0.4 is 0 Å². The molecule has 0 aliphatic carbocycles. The molecule has 0 radical (unpaired) electrons. The molecule has 4 nitrogen and oxygen atoms in total. The molecule has 2 atom stereocenters. The SMILES string of the molecule is CC(C)=CCCC(C)CCC(O)(CO)C(=O)O. The molecule has 0 bridgehead atoms. The number of carbonyl (C=O) groups is 1. The molecule has 4 heteroatoms. The summed E-state index contributed by atoms with van der Waals surface area (Å²) in [6.45, 7) is 5.38. The number of carboxylic acids is 1. The second kappa shape index (κ2) is 7.45. The minimum absolute atomic E-state index is 0.0921. The third kappa shape index (κ3) is 6.44. The van der Waals surface area contributed by atoms with Gasteiger partial charge in [0.05, 0.1) is 6.61 Å². The van der Waals surface area contributed by atoms with Gasteiger partial charge in [-0.3, -0.25) is 0 Å². The van der Waals surface area contributed by atoms with Crippen molar-refractivity contribution in [2.75, 3.05) is 6.61 Å². The van der Waals surface area contributed by atoms with Gasteiger partial charge in [0.1, 0.15) is 0 Å². The molecular formula is C13H24O4. The van der Waals surface area contributed by atoms with Gasteiger partial charge in [-0.05, 0) is 45.4 Å². The van der Waals surface area contributed by atoms with E-state index in [4.69, 9.17) is 10.2 Å². The van der Waals surface area contributed by atoms with Crippen molar-refractivity contribution in [1.82, 2.24) is 0 Å². The third-order valence-corrected chi connectivity index (χ3v) is 2.92. The van der Waals surface area contributed by atoms with Gasteiger partial charge in [0.25, 0.3) is 0 Å². The topological polar surface area (TPSA) is 77.8 Å². The van der Waals surface area contributed by atoms with Crippen LogP contribution >= 0.6 is 0 Å². The summed E-state index contributed by atoms with van der Waals surface area (Å²) < 4.78 is 0. The Hall–Kier alpha value is -0.870. The molecule has 0 spiro atoms. The molecular weight excluding hydrogens is 220 g/mol. The summed E-state index contributed by atoms with van der Waals surface area (Å²) in [5, 5.41) is 27.3. The number of hydrogen-bond donors (Lipinski definition) is 3. The van der Waals surface area contributed by atoms with Crippen LogP contribution in [0.2, 0.25) is 0 Å². The molecule has 0 heterocycles. The number of aliphatic carboxylic acids is 1. The van der Waals surface area contributed by atoms with E-state index in [1.54, 1.807) is 0 Å². The highest BCUT2D eigenvalue weighted by atomic mass is 16.4. The number of aliphatic hydroxyl groups is 2. The van der Waals surface area contributed by atoms with E-state index in [0.717, 1.165) is 12.8 Å². The van der Waals surface area contributed by atoms with Crippen molar-refractivity contribution in [2.45, 2.75) is 52.1 Å². The lowest BCUT2D eigenvalue weighted by molar-refractivity contribution is -0.164. The van der Waals surface area contributed by atoms with Crippen LogP contribution in [-0.4, -0.2) is 33.5 Å². The van der Waals surface area contributed by atoms with Crippen LogP contribution in [0.1, 0.15) is 46.5 Å². The number of hydrogen-bond acceptors (Lipinski definition) is 3. The van der Waals surface area contributed by atoms with Crippen molar-refractivity contribution in [3.05, 3.63) is 11.6 Å². The van der Waals surface area contributed by atoms with Crippen LogP contribution in [0.5, 0.6) is 0 Å². The molecule has 3 N–H and O–H groups in total. The van der Waals surface area contributed by atoms with Crippen LogP contribution in [0.3, 0.4) is 0 Å². The third-order valence-electron chi connectivity index (χ3n) is 2.92. The van der Waals surface area contributed by atoms with Gasteiger partial charge >= 0.3 is 5.97 Å². The molecule has 0 aromatic rings.